The highest BCUT2D eigenvalue weighted by molar-refractivity contribution is 5.75. The van der Waals surface area contributed by atoms with Crippen LogP contribution in [-0.2, 0) is 4.79 Å². The minimum Gasteiger partial charge on any atom is -0.481 e. The van der Waals surface area contributed by atoms with Gasteiger partial charge >= 0.3 is 5.97 Å². The lowest BCUT2D eigenvalue weighted by Crippen LogP contribution is -2.17. The van der Waals surface area contributed by atoms with Crippen LogP contribution in [0.4, 0.5) is 0 Å². The number of hydrogen-bond donors (Lipinski definition) is 2. The summed E-state index contributed by atoms with van der Waals surface area (Å²) in [6.07, 6.45) is 0. The maximum atomic E-state index is 10.9. The lowest BCUT2D eigenvalue weighted by Gasteiger charge is -2.12. The Morgan fingerprint density at radius 1 is 1.62 bits per heavy atom. The van der Waals surface area contributed by atoms with Gasteiger partial charge in [0.05, 0.1) is 5.69 Å². The van der Waals surface area contributed by atoms with Crippen molar-refractivity contribution in [2.24, 2.45) is 5.92 Å². The van der Waals surface area contributed by atoms with Crippen molar-refractivity contribution in [3.63, 3.8) is 0 Å². The summed E-state index contributed by atoms with van der Waals surface area (Å²) < 4.78 is 0. The van der Waals surface area contributed by atoms with Crippen molar-refractivity contribution >= 4 is 5.97 Å². The van der Waals surface area contributed by atoms with Crippen molar-refractivity contribution in [2.45, 2.75) is 26.7 Å². The predicted octanol–water partition coefficient (Wildman–Crippen LogP) is 1.54. The van der Waals surface area contributed by atoms with Gasteiger partial charge in [-0.25, -0.2) is 0 Å². The van der Waals surface area contributed by atoms with Crippen molar-refractivity contribution < 1.29 is 9.90 Å². The van der Waals surface area contributed by atoms with Crippen LogP contribution in [0.3, 0.4) is 0 Å². The minimum absolute atomic E-state index is 0.0557. The number of hydrogen-bond acceptors (Lipinski definition) is 2. The molecule has 1 rings (SSSR count). The number of aryl methyl sites for hydroxylation is 1. The van der Waals surface area contributed by atoms with Gasteiger partial charge < -0.3 is 5.11 Å². The fourth-order valence-corrected chi connectivity index (χ4v) is 1.35. The zero-order valence-corrected chi connectivity index (χ0v) is 8.03. The number of carbonyl (C=O) groups is 1. The van der Waals surface area contributed by atoms with E-state index in [1.54, 1.807) is 6.07 Å². The molecular weight excluding hydrogens is 168 g/mol. The third kappa shape index (κ3) is 2.08. The molecule has 0 amide bonds. The van der Waals surface area contributed by atoms with Gasteiger partial charge in [-0.05, 0) is 18.9 Å². The molecule has 4 heteroatoms. The van der Waals surface area contributed by atoms with E-state index in [0.29, 0.717) is 5.69 Å². The van der Waals surface area contributed by atoms with Crippen LogP contribution in [-0.4, -0.2) is 21.3 Å². The number of carboxylic acid groups (broad SMARTS) is 1. The van der Waals surface area contributed by atoms with E-state index < -0.39 is 11.9 Å². The monoisotopic (exact) mass is 182 g/mol. The fourth-order valence-electron chi connectivity index (χ4n) is 1.35. The number of aromatic nitrogens is 2. The van der Waals surface area contributed by atoms with E-state index in [0.717, 1.165) is 5.69 Å². The van der Waals surface area contributed by atoms with E-state index in [1.165, 1.54) is 0 Å². The second-order valence-electron chi connectivity index (χ2n) is 3.54. The van der Waals surface area contributed by atoms with Gasteiger partial charge in [-0.1, -0.05) is 13.8 Å². The highest BCUT2D eigenvalue weighted by atomic mass is 16.4. The van der Waals surface area contributed by atoms with Crippen molar-refractivity contribution in [1.29, 1.82) is 0 Å². The van der Waals surface area contributed by atoms with Gasteiger partial charge in [0.15, 0.2) is 0 Å². The lowest BCUT2D eigenvalue weighted by atomic mass is 9.93. The van der Waals surface area contributed by atoms with Gasteiger partial charge in [0.2, 0.25) is 0 Å². The summed E-state index contributed by atoms with van der Waals surface area (Å²) in [6.45, 7) is 5.61. The topological polar surface area (TPSA) is 66.0 Å². The zero-order valence-electron chi connectivity index (χ0n) is 8.03. The van der Waals surface area contributed by atoms with Crippen LogP contribution in [0, 0.1) is 12.8 Å². The molecular formula is C9H14N2O2. The Morgan fingerprint density at radius 2 is 2.23 bits per heavy atom. The highest BCUT2D eigenvalue weighted by Gasteiger charge is 2.25. The molecule has 0 bridgehead atoms. The molecule has 2 N–H and O–H groups in total. The Bertz CT molecular complexity index is 304. The molecule has 0 aliphatic carbocycles. The smallest absolute Gasteiger partial charge is 0.312 e. The molecule has 0 radical (unpaired) electrons. The van der Waals surface area contributed by atoms with E-state index in [4.69, 9.17) is 5.11 Å². The van der Waals surface area contributed by atoms with Gasteiger partial charge in [-0.3, -0.25) is 9.89 Å². The van der Waals surface area contributed by atoms with Crippen LogP contribution < -0.4 is 0 Å². The molecule has 0 aliphatic heterocycles. The number of aromatic amines is 1. The van der Waals surface area contributed by atoms with Crippen molar-refractivity contribution in [2.75, 3.05) is 0 Å². The molecule has 1 heterocycles. The maximum Gasteiger partial charge on any atom is 0.312 e. The SMILES string of the molecule is Cc1cc(C(C(=O)O)C(C)C)n[nH]1. The quantitative estimate of drug-likeness (QED) is 0.745. The molecule has 0 spiro atoms. The molecule has 0 aromatic carbocycles. The van der Waals surface area contributed by atoms with Crippen molar-refractivity contribution in [3.05, 3.63) is 17.5 Å². The first-order chi connectivity index (χ1) is 6.02. The molecule has 1 aromatic heterocycles. The molecule has 72 valence electrons. The summed E-state index contributed by atoms with van der Waals surface area (Å²) in [6, 6.07) is 1.78. The van der Waals surface area contributed by atoms with Gasteiger partial charge in [0, 0.05) is 5.69 Å². The minimum atomic E-state index is -0.818. The number of H-pyrrole nitrogens is 1. The van der Waals surface area contributed by atoms with E-state index in [2.05, 4.69) is 10.2 Å². The maximum absolute atomic E-state index is 10.9. The largest absolute Gasteiger partial charge is 0.481 e. The molecule has 0 saturated carbocycles. The average molecular weight is 182 g/mol. The summed E-state index contributed by atoms with van der Waals surface area (Å²) in [4.78, 5) is 10.9. The summed E-state index contributed by atoms with van der Waals surface area (Å²) in [5.41, 5.74) is 1.50. The molecule has 13 heavy (non-hydrogen) atoms. The van der Waals surface area contributed by atoms with Gasteiger partial charge in [-0.2, -0.15) is 5.10 Å². The van der Waals surface area contributed by atoms with Crippen LogP contribution >= 0.6 is 0 Å². The Morgan fingerprint density at radius 3 is 2.54 bits per heavy atom. The fraction of sp³-hybridized carbons (Fsp3) is 0.556. The van der Waals surface area contributed by atoms with Gasteiger partial charge in [0.1, 0.15) is 5.92 Å². The third-order valence-corrected chi connectivity index (χ3v) is 1.98. The second kappa shape index (κ2) is 3.60. The van der Waals surface area contributed by atoms with Gasteiger partial charge in [0.25, 0.3) is 0 Å². The summed E-state index contributed by atoms with van der Waals surface area (Å²) in [7, 11) is 0. The van der Waals surface area contributed by atoms with Crippen LogP contribution in [0.2, 0.25) is 0 Å². The first-order valence-corrected chi connectivity index (χ1v) is 4.27. The van der Waals surface area contributed by atoms with Gasteiger partial charge in [-0.15, -0.1) is 0 Å². The van der Waals surface area contributed by atoms with E-state index in [1.807, 2.05) is 20.8 Å². The highest BCUT2D eigenvalue weighted by Crippen LogP contribution is 2.23. The molecule has 1 atom stereocenters. The number of nitrogens with zero attached hydrogens (tertiary/aromatic N) is 1. The Balaban J connectivity index is 2.95. The summed E-state index contributed by atoms with van der Waals surface area (Å²) >= 11 is 0. The first-order valence-electron chi connectivity index (χ1n) is 4.27. The standard InChI is InChI=1S/C9H14N2O2/c1-5(2)8(9(12)13)7-4-6(3)10-11-7/h4-5,8H,1-3H3,(H,10,11)(H,12,13). The molecule has 0 saturated heterocycles. The van der Waals surface area contributed by atoms with E-state index in [9.17, 15) is 4.79 Å². The van der Waals surface area contributed by atoms with Crippen LogP contribution in [0.5, 0.6) is 0 Å². The van der Waals surface area contributed by atoms with Crippen LogP contribution in [0.25, 0.3) is 0 Å². The molecule has 4 nitrogen and oxygen atoms in total. The predicted molar refractivity (Wildman–Crippen MR) is 48.5 cm³/mol. The molecule has 1 aromatic rings. The van der Waals surface area contributed by atoms with Crippen molar-refractivity contribution in [1.82, 2.24) is 10.2 Å². The second-order valence-corrected chi connectivity index (χ2v) is 3.54. The first kappa shape index (κ1) is 9.77. The molecule has 1 unspecified atom stereocenters. The summed E-state index contributed by atoms with van der Waals surface area (Å²) in [5.74, 6) is -1.27. The Kier molecular flexibility index (Phi) is 2.70. The van der Waals surface area contributed by atoms with E-state index >= 15 is 0 Å². The number of nitrogens with one attached hydrogen (secondary N) is 1. The average Bonchev–Trinajstić information content (AvgIpc) is 2.34. The summed E-state index contributed by atoms with van der Waals surface area (Å²) in [5, 5.41) is 15.7. The Hall–Kier alpha value is -1.32. The number of rotatable bonds is 3. The number of aliphatic carboxylic acids is 1. The third-order valence-electron chi connectivity index (χ3n) is 1.98. The van der Waals surface area contributed by atoms with E-state index in [-0.39, 0.29) is 5.92 Å². The number of carboxylic acids is 1. The molecule has 0 aliphatic rings. The van der Waals surface area contributed by atoms with Crippen LogP contribution in [0.15, 0.2) is 6.07 Å². The van der Waals surface area contributed by atoms with Crippen LogP contribution in [0.1, 0.15) is 31.2 Å². The molecule has 0 fully saturated rings. The normalized spacial score (nSPS) is 13.2. The zero-order chi connectivity index (χ0) is 10.0. The lowest BCUT2D eigenvalue weighted by molar-refractivity contribution is -0.140. The Labute approximate surface area is 77.0 Å². The van der Waals surface area contributed by atoms with Crippen molar-refractivity contribution in [3.8, 4) is 0 Å².